The molecule has 1 heterocycles. The number of nitrogens with zero attached hydrogens (tertiary/aromatic N) is 1. The third kappa shape index (κ3) is 6.79. The van der Waals surface area contributed by atoms with Gasteiger partial charge in [0.15, 0.2) is 0 Å². The Morgan fingerprint density at radius 3 is 1.28 bits per heavy atom. The first-order valence-corrected chi connectivity index (χ1v) is 21.9. The predicted octanol–water partition coefficient (Wildman–Crippen LogP) is 17.7. The van der Waals surface area contributed by atoms with Crippen LogP contribution in [0.1, 0.15) is 0 Å². The highest BCUT2D eigenvalue weighted by Crippen LogP contribution is 2.43. The summed E-state index contributed by atoms with van der Waals surface area (Å²) in [4.78, 5) is 2.38. The van der Waals surface area contributed by atoms with Gasteiger partial charge >= 0.3 is 0 Å². The number of hydrogen-bond acceptors (Lipinski definition) is 2. The fraction of sp³-hybridized carbons (Fsp3) is 0. The van der Waals surface area contributed by atoms with Gasteiger partial charge in [-0.05, 0) is 115 Å². The standard InChI is InChI=1S/C62H41NO/c1-3-12-50-40-52(30-26-42(50)10-1)46-22-20-44(21-23-46)45-24-28-48(29-25-45)56-14-5-7-18-60(56)63(54-36-32-47(33-37-54)53-31-27-43-11-2-4-13-51(43)41-53)55-38-34-49(35-39-55)57-16-9-17-59-58-15-6-8-19-61(58)64-62(57)59/h1-41H. The van der Waals surface area contributed by atoms with Crippen molar-refractivity contribution < 1.29 is 4.42 Å². The molecular weight excluding hydrogens is 775 g/mol. The van der Waals surface area contributed by atoms with Crippen molar-refractivity contribution in [2.45, 2.75) is 0 Å². The van der Waals surface area contributed by atoms with Gasteiger partial charge in [-0.15, -0.1) is 0 Å². The molecule has 0 aliphatic rings. The van der Waals surface area contributed by atoms with Crippen LogP contribution in [-0.4, -0.2) is 0 Å². The minimum atomic E-state index is 0.902. The Morgan fingerprint density at radius 2 is 0.672 bits per heavy atom. The molecule has 0 aliphatic carbocycles. The lowest BCUT2D eigenvalue weighted by Gasteiger charge is -2.28. The van der Waals surface area contributed by atoms with Gasteiger partial charge in [-0.3, -0.25) is 0 Å². The monoisotopic (exact) mass is 815 g/mol. The highest BCUT2D eigenvalue weighted by molar-refractivity contribution is 6.09. The molecule has 0 saturated carbocycles. The molecule has 0 N–H and O–H groups in total. The first kappa shape index (κ1) is 37.3. The summed E-state index contributed by atoms with van der Waals surface area (Å²) in [5.74, 6) is 0. The summed E-state index contributed by atoms with van der Waals surface area (Å²) in [6.07, 6.45) is 0. The molecule has 64 heavy (non-hydrogen) atoms. The Labute approximate surface area is 372 Å². The quantitative estimate of drug-likeness (QED) is 0.152. The molecule has 12 rings (SSSR count). The van der Waals surface area contributed by atoms with Gasteiger partial charge in [0.05, 0.1) is 5.69 Å². The smallest absolute Gasteiger partial charge is 0.143 e. The summed E-state index contributed by atoms with van der Waals surface area (Å²) < 4.78 is 6.45. The fourth-order valence-electron chi connectivity index (χ4n) is 9.34. The van der Waals surface area contributed by atoms with Gasteiger partial charge < -0.3 is 9.32 Å². The van der Waals surface area contributed by atoms with Gasteiger partial charge in [0.1, 0.15) is 11.2 Å². The van der Waals surface area contributed by atoms with Gasteiger partial charge in [0, 0.05) is 33.3 Å². The van der Waals surface area contributed by atoms with E-state index in [1.807, 2.05) is 12.1 Å². The molecule has 0 bridgehead atoms. The topological polar surface area (TPSA) is 16.4 Å². The predicted molar refractivity (Wildman–Crippen MR) is 271 cm³/mol. The van der Waals surface area contributed by atoms with Crippen LogP contribution in [0.15, 0.2) is 253 Å². The zero-order chi connectivity index (χ0) is 42.4. The number of fused-ring (bicyclic) bond motifs is 5. The maximum absolute atomic E-state index is 6.45. The minimum absolute atomic E-state index is 0.902. The lowest BCUT2D eigenvalue weighted by molar-refractivity contribution is 0.670. The molecule has 2 nitrogen and oxygen atoms in total. The van der Waals surface area contributed by atoms with Crippen LogP contribution < -0.4 is 4.90 Å². The number of hydrogen-bond donors (Lipinski definition) is 0. The van der Waals surface area contributed by atoms with E-state index in [9.17, 15) is 0 Å². The minimum Gasteiger partial charge on any atom is -0.455 e. The maximum atomic E-state index is 6.45. The van der Waals surface area contributed by atoms with Crippen molar-refractivity contribution in [2.24, 2.45) is 0 Å². The molecule has 0 saturated heterocycles. The zero-order valence-electron chi connectivity index (χ0n) is 35.0. The summed E-state index contributed by atoms with van der Waals surface area (Å²) in [5.41, 5.74) is 16.7. The average molecular weight is 816 g/mol. The number of furan rings is 1. The van der Waals surface area contributed by atoms with Crippen LogP contribution in [0.2, 0.25) is 0 Å². The first-order valence-electron chi connectivity index (χ1n) is 21.9. The van der Waals surface area contributed by atoms with E-state index in [2.05, 4.69) is 241 Å². The van der Waals surface area contributed by atoms with E-state index in [4.69, 9.17) is 4.42 Å². The maximum Gasteiger partial charge on any atom is 0.143 e. The number of para-hydroxylation sites is 3. The molecule has 11 aromatic carbocycles. The van der Waals surface area contributed by atoms with Crippen LogP contribution in [0.4, 0.5) is 17.1 Å². The normalized spacial score (nSPS) is 11.4. The van der Waals surface area contributed by atoms with Crippen molar-refractivity contribution in [3.8, 4) is 55.6 Å². The second-order valence-corrected chi connectivity index (χ2v) is 16.5. The molecule has 12 aromatic rings. The molecule has 0 radical (unpaired) electrons. The van der Waals surface area contributed by atoms with Crippen molar-refractivity contribution in [3.63, 3.8) is 0 Å². The van der Waals surface area contributed by atoms with Crippen molar-refractivity contribution in [3.05, 3.63) is 249 Å². The Hall–Kier alpha value is -8.46. The number of anilines is 3. The molecular formula is C62H41NO. The summed E-state index contributed by atoms with van der Waals surface area (Å²) in [5, 5.41) is 7.26. The molecule has 2 heteroatoms. The lowest BCUT2D eigenvalue weighted by atomic mass is 9.96. The van der Waals surface area contributed by atoms with Crippen LogP contribution in [0.25, 0.3) is 99.1 Å². The van der Waals surface area contributed by atoms with Gasteiger partial charge in [0.2, 0.25) is 0 Å². The van der Waals surface area contributed by atoms with Crippen LogP contribution in [0, 0.1) is 0 Å². The second-order valence-electron chi connectivity index (χ2n) is 16.5. The molecule has 0 aliphatic heterocycles. The highest BCUT2D eigenvalue weighted by atomic mass is 16.3. The molecule has 300 valence electrons. The third-order valence-corrected chi connectivity index (χ3v) is 12.7. The van der Waals surface area contributed by atoms with Gasteiger partial charge in [0.25, 0.3) is 0 Å². The van der Waals surface area contributed by atoms with E-state index in [1.165, 1.54) is 54.9 Å². The average Bonchev–Trinajstić information content (AvgIpc) is 3.76. The van der Waals surface area contributed by atoms with E-state index in [1.54, 1.807) is 0 Å². The van der Waals surface area contributed by atoms with Crippen LogP contribution >= 0.6 is 0 Å². The van der Waals surface area contributed by atoms with Crippen molar-refractivity contribution in [2.75, 3.05) is 4.90 Å². The molecule has 0 spiro atoms. The molecule has 0 atom stereocenters. The Balaban J connectivity index is 0.905. The lowest BCUT2D eigenvalue weighted by Crippen LogP contribution is -2.11. The van der Waals surface area contributed by atoms with E-state index >= 15 is 0 Å². The molecule has 0 unspecified atom stereocenters. The first-order chi connectivity index (χ1) is 31.7. The van der Waals surface area contributed by atoms with Crippen LogP contribution in [0.3, 0.4) is 0 Å². The van der Waals surface area contributed by atoms with Gasteiger partial charge in [-0.1, -0.05) is 200 Å². The zero-order valence-corrected chi connectivity index (χ0v) is 35.0. The van der Waals surface area contributed by atoms with Crippen LogP contribution in [-0.2, 0) is 0 Å². The van der Waals surface area contributed by atoms with Gasteiger partial charge in [-0.25, -0.2) is 0 Å². The third-order valence-electron chi connectivity index (χ3n) is 12.7. The van der Waals surface area contributed by atoms with Gasteiger partial charge in [-0.2, -0.15) is 0 Å². The Kier molecular flexibility index (Phi) is 9.20. The Morgan fingerprint density at radius 1 is 0.266 bits per heavy atom. The van der Waals surface area contributed by atoms with Crippen molar-refractivity contribution >= 4 is 60.5 Å². The van der Waals surface area contributed by atoms with E-state index in [0.717, 1.165) is 61.3 Å². The number of rotatable bonds is 8. The number of benzene rings is 11. The fourth-order valence-corrected chi connectivity index (χ4v) is 9.34. The summed E-state index contributed by atoms with van der Waals surface area (Å²) >= 11 is 0. The van der Waals surface area contributed by atoms with Crippen molar-refractivity contribution in [1.82, 2.24) is 0 Å². The summed E-state index contributed by atoms with van der Waals surface area (Å²) in [6, 6.07) is 89.7. The SMILES string of the molecule is c1ccc(N(c2ccc(-c3ccc4ccccc4c3)cc2)c2ccc(-c3cccc4c3oc3ccccc34)cc2)c(-c2ccc(-c3ccc(-c4ccc5ccccc5c4)cc3)cc2)c1. The molecule has 0 fully saturated rings. The largest absolute Gasteiger partial charge is 0.455 e. The van der Waals surface area contributed by atoms with E-state index < -0.39 is 0 Å². The summed E-state index contributed by atoms with van der Waals surface area (Å²) in [6.45, 7) is 0. The highest BCUT2D eigenvalue weighted by Gasteiger charge is 2.19. The molecule has 1 aromatic heterocycles. The summed E-state index contributed by atoms with van der Waals surface area (Å²) in [7, 11) is 0. The van der Waals surface area contributed by atoms with Crippen LogP contribution in [0.5, 0.6) is 0 Å². The molecule has 0 amide bonds. The Bertz CT molecular complexity index is 3640. The van der Waals surface area contributed by atoms with Crippen molar-refractivity contribution in [1.29, 1.82) is 0 Å². The van der Waals surface area contributed by atoms with E-state index in [0.29, 0.717) is 0 Å². The van der Waals surface area contributed by atoms with E-state index in [-0.39, 0.29) is 0 Å². The second kappa shape index (κ2) is 15.8.